The first kappa shape index (κ1) is 18.5. The lowest BCUT2D eigenvalue weighted by atomic mass is 10.0. The van der Waals surface area contributed by atoms with Gasteiger partial charge in [-0.2, -0.15) is 0 Å². The van der Waals surface area contributed by atoms with E-state index >= 15 is 0 Å². The van der Waals surface area contributed by atoms with Crippen LogP contribution in [0.1, 0.15) is 43.3 Å². The summed E-state index contributed by atoms with van der Waals surface area (Å²) in [7, 11) is 0. The fourth-order valence-electron chi connectivity index (χ4n) is 2.11. The number of anilines is 1. The number of nitrogens with two attached hydrogens (primary N) is 1. The lowest BCUT2D eigenvalue weighted by Gasteiger charge is -2.13. The molecule has 0 radical (unpaired) electrons. The Kier molecular flexibility index (Phi) is 6.39. The topological polar surface area (TPSA) is 94.0 Å². The van der Waals surface area contributed by atoms with Crippen LogP contribution in [-0.4, -0.2) is 21.9 Å². The molecule has 2 aromatic rings. The van der Waals surface area contributed by atoms with Crippen LogP contribution in [0.4, 0.5) is 5.69 Å². The zero-order valence-corrected chi connectivity index (χ0v) is 15.3. The third-order valence-electron chi connectivity index (χ3n) is 4.17. The highest BCUT2D eigenvalue weighted by atomic mass is 32.2. The van der Waals surface area contributed by atoms with Crippen LogP contribution in [0.5, 0.6) is 0 Å². The molecule has 1 heterocycles. The molecular weight excluding hydrogens is 324 g/mol. The Labute approximate surface area is 146 Å². The quantitative estimate of drug-likeness (QED) is 0.744. The first-order chi connectivity index (χ1) is 11.4. The largest absolute Gasteiger partial charge is 0.414 e. The highest BCUT2D eigenvalue weighted by molar-refractivity contribution is 7.99. The number of aryl methyl sites for hydroxylation is 1. The van der Waals surface area contributed by atoms with Crippen molar-refractivity contribution in [1.29, 1.82) is 0 Å². The van der Waals surface area contributed by atoms with Crippen LogP contribution in [0.15, 0.2) is 27.8 Å². The van der Waals surface area contributed by atoms with E-state index in [2.05, 4.69) is 22.4 Å². The molecule has 1 aromatic carbocycles. The van der Waals surface area contributed by atoms with E-state index in [1.165, 1.54) is 11.8 Å². The Bertz CT molecular complexity index is 702. The molecule has 0 spiro atoms. The number of thioether (sulfide) groups is 1. The molecule has 0 unspecified atom stereocenters. The van der Waals surface area contributed by atoms with Crippen LogP contribution in [0.3, 0.4) is 0 Å². The van der Waals surface area contributed by atoms with Gasteiger partial charge in [-0.3, -0.25) is 4.79 Å². The highest BCUT2D eigenvalue weighted by Gasteiger charge is 2.20. The molecule has 7 heteroatoms. The molecule has 0 fully saturated rings. The molecule has 0 aliphatic carbocycles. The van der Waals surface area contributed by atoms with E-state index in [-0.39, 0.29) is 23.6 Å². The standard InChI is InChI=1S/C17H24N4O2S/c1-5-10(2)15(18)16-20-21-17(23-16)24-9-14(22)19-13-8-6-7-11(3)12(13)4/h6-8,10,15H,5,9,18H2,1-4H3,(H,19,22)/t10-,15-/m1/s1. The molecule has 0 saturated carbocycles. The molecule has 2 atom stereocenters. The fraction of sp³-hybridized carbons (Fsp3) is 0.471. The average molecular weight is 348 g/mol. The predicted molar refractivity (Wildman–Crippen MR) is 96.0 cm³/mol. The summed E-state index contributed by atoms with van der Waals surface area (Å²) < 4.78 is 5.55. The van der Waals surface area contributed by atoms with Gasteiger partial charge in [0.15, 0.2) is 0 Å². The van der Waals surface area contributed by atoms with E-state index in [0.29, 0.717) is 11.1 Å². The van der Waals surface area contributed by atoms with Gasteiger partial charge in [0.1, 0.15) is 0 Å². The van der Waals surface area contributed by atoms with Crippen LogP contribution in [0.25, 0.3) is 0 Å². The molecule has 130 valence electrons. The summed E-state index contributed by atoms with van der Waals surface area (Å²) in [6, 6.07) is 5.55. The van der Waals surface area contributed by atoms with E-state index in [0.717, 1.165) is 23.2 Å². The minimum atomic E-state index is -0.277. The molecule has 0 aliphatic rings. The van der Waals surface area contributed by atoms with Gasteiger partial charge in [-0.25, -0.2) is 0 Å². The second-order valence-electron chi connectivity index (χ2n) is 5.90. The maximum atomic E-state index is 12.1. The van der Waals surface area contributed by atoms with Crippen LogP contribution < -0.4 is 11.1 Å². The molecule has 0 bridgehead atoms. The van der Waals surface area contributed by atoms with E-state index < -0.39 is 0 Å². The van der Waals surface area contributed by atoms with Crippen molar-refractivity contribution in [2.45, 2.75) is 45.4 Å². The minimum absolute atomic E-state index is 0.111. The zero-order valence-electron chi connectivity index (χ0n) is 14.5. The number of nitrogens with zero attached hydrogens (tertiary/aromatic N) is 2. The molecule has 1 amide bonds. The number of aromatic nitrogens is 2. The summed E-state index contributed by atoms with van der Waals surface area (Å²) in [5, 5.41) is 11.2. The molecule has 3 N–H and O–H groups in total. The van der Waals surface area contributed by atoms with Crippen molar-refractivity contribution < 1.29 is 9.21 Å². The maximum absolute atomic E-state index is 12.1. The first-order valence-electron chi connectivity index (χ1n) is 8.00. The fourth-order valence-corrected chi connectivity index (χ4v) is 2.68. The Morgan fingerprint density at radius 3 is 2.83 bits per heavy atom. The Morgan fingerprint density at radius 2 is 2.12 bits per heavy atom. The van der Waals surface area contributed by atoms with E-state index in [1.54, 1.807) is 0 Å². The second-order valence-corrected chi connectivity index (χ2v) is 6.83. The van der Waals surface area contributed by atoms with E-state index in [9.17, 15) is 4.79 Å². The van der Waals surface area contributed by atoms with Crippen molar-refractivity contribution in [3.8, 4) is 0 Å². The number of carbonyl (C=O) groups excluding carboxylic acids is 1. The number of nitrogens with one attached hydrogen (secondary N) is 1. The molecule has 6 nitrogen and oxygen atoms in total. The molecule has 0 saturated heterocycles. The first-order valence-corrected chi connectivity index (χ1v) is 8.98. The number of hydrogen-bond donors (Lipinski definition) is 2. The Morgan fingerprint density at radius 1 is 1.38 bits per heavy atom. The van der Waals surface area contributed by atoms with Gasteiger partial charge in [0.05, 0.1) is 11.8 Å². The Balaban J connectivity index is 1.90. The summed E-state index contributed by atoms with van der Waals surface area (Å²) in [5.74, 6) is 0.769. The van der Waals surface area contributed by atoms with Gasteiger partial charge < -0.3 is 15.5 Å². The molecular formula is C17H24N4O2S. The van der Waals surface area contributed by atoms with E-state index in [4.69, 9.17) is 10.2 Å². The zero-order chi connectivity index (χ0) is 17.7. The van der Waals surface area contributed by atoms with Crippen LogP contribution in [0, 0.1) is 19.8 Å². The summed E-state index contributed by atoms with van der Waals surface area (Å²) in [5.41, 5.74) is 9.10. The molecule has 2 rings (SSSR count). The number of amides is 1. The van der Waals surface area contributed by atoms with Gasteiger partial charge in [-0.15, -0.1) is 10.2 Å². The van der Waals surface area contributed by atoms with Crippen molar-refractivity contribution in [2.24, 2.45) is 11.7 Å². The minimum Gasteiger partial charge on any atom is -0.414 e. The van der Waals surface area contributed by atoms with Gasteiger partial charge in [-0.1, -0.05) is 44.2 Å². The molecule has 1 aromatic heterocycles. The summed E-state index contributed by atoms with van der Waals surface area (Å²) >= 11 is 1.21. The van der Waals surface area contributed by atoms with Gasteiger partial charge in [-0.05, 0) is 37.0 Å². The summed E-state index contributed by atoms with van der Waals surface area (Å²) in [6.07, 6.45) is 0.935. The lowest BCUT2D eigenvalue weighted by molar-refractivity contribution is -0.113. The van der Waals surface area contributed by atoms with Gasteiger partial charge >= 0.3 is 0 Å². The monoisotopic (exact) mass is 348 g/mol. The van der Waals surface area contributed by atoms with Crippen molar-refractivity contribution in [3.63, 3.8) is 0 Å². The molecule has 24 heavy (non-hydrogen) atoms. The van der Waals surface area contributed by atoms with E-state index in [1.807, 2.05) is 39.0 Å². The lowest BCUT2D eigenvalue weighted by Crippen LogP contribution is -2.18. The van der Waals surface area contributed by atoms with Gasteiger partial charge in [0, 0.05) is 5.69 Å². The van der Waals surface area contributed by atoms with Crippen LogP contribution >= 0.6 is 11.8 Å². The van der Waals surface area contributed by atoms with Crippen molar-refractivity contribution in [2.75, 3.05) is 11.1 Å². The van der Waals surface area contributed by atoms with Crippen molar-refractivity contribution >= 4 is 23.4 Å². The number of rotatable bonds is 7. The van der Waals surface area contributed by atoms with Gasteiger partial charge in [0.2, 0.25) is 11.8 Å². The van der Waals surface area contributed by atoms with Crippen molar-refractivity contribution in [1.82, 2.24) is 10.2 Å². The highest BCUT2D eigenvalue weighted by Crippen LogP contribution is 2.24. The summed E-state index contributed by atoms with van der Waals surface area (Å²) in [6.45, 7) is 8.10. The smallest absolute Gasteiger partial charge is 0.277 e. The second kappa shape index (κ2) is 8.30. The van der Waals surface area contributed by atoms with Crippen LogP contribution in [-0.2, 0) is 4.79 Å². The predicted octanol–water partition coefficient (Wildman–Crippen LogP) is 3.46. The normalized spacial score (nSPS) is 13.5. The SMILES string of the molecule is CC[C@@H](C)[C@@H](N)c1nnc(SCC(=O)Nc2cccc(C)c2C)o1. The number of benzene rings is 1. The van der Waals surface area contributed by atoms with Crippen LogP contribution in [0.2, 0.25) is 0 Å². The van der Waals surface area contributed by atoms with Gasteiger partial charge in [0.25, 0.3) is 5.22 Å². The average Bonchev–Trinajstić information content (AvgIpc) is 3.04. The number of carbonyl (C=O) groups is 1. The number of hydrogen-bond acceptors (Lipinski definition) is 6. The summed E-state index contributed by atoms with van der Waals surface area (Å²) in [4.78, 5) is 12.1. The third kappa shape index (κ3) is 4.58. The maximum Gasteiger partial charge on any atom is 0.277 e. The van der Waals surface area contributed by atoms with Crippen molar-refractivity contribution in [3.05, 3.63) is 35.2 Å². The molecule has 0 aliphatic heterocycles. The Hall–Kier alpha value is -1.86. The third-order valence-corrected chi connectivity index (χ3v) is 4.99.